The van der Waals surface area contributed by atoms with Gasteiger partial charge in [-0.2, -0.15) is 0 Å². The molecule has 0 unspecified atom stereocenters. The van der Waals surface area contributed by atoms with E-state index in [1.165, 1.54) is 6.42 Å². The van der Waals surface area contributed by atoms with E-state index < -0.39 is 21.1 Å². The Morgan fingerprint density at radius 3 is 1.24 bits per heavy atom. The van der Waals surface area contributed by atoms with E-state index >= 15 is 0 Å². The molecule has 0 saturated carbocycles. The molecule has 0 N–H and O–H groups in total. The van der Waals surface area contributed by atoms with E-state index in [1.807, 2.05) is 0 Å². The van der Waals surface area contributed by atoms with E-state index in [9.17, 15) is 0 Å². The van der Waals surface area contributed by atoms with Crippen LogP contribution >= 0.6 is 0 Å². The molecule has 1 aliphatic carbocycles. The van der Waals surface area contributed by atoms with E-state index in [-0.39, 0.29) is 3.12 Å². The van der Waals surface area contributed by atoms with Crippen molar-refractivity contribution in [3.63, 3.8) is 0 Å². The first kappa shape index (κ1) is 23.3. The van der Waals surface area contributed by atoms with Crippen LogP contribution in [0.2, 0.25) is 3.12 Å². The van der Waals surface area contributed by atoms with Crippen molar-refractivity contribution in [2.45, 2.75) is 64.9 Å². The van der Waals surface area contributed by atoms with E-state index in [0.29, 0.717) is 5.92 Å². The Bertz CT molecular complexity index is 389. The molecule has 0 aromatic rings. The predicted octanol–water partition coefficient (Wildman–Crippen LogP) is 5.24. The van der Waals surface area contributed by atoms with Gasteiger partial charge in [-0.3, -0.25) is 0 Å². The van der Waals surface area contributed by atoms with Crippen molar-refractivity contribution in [3.8, 4) is 0 Å². The van der Waals surface area contributed by atoms with E-state index in [1.54, 1.807) is 0 Å². The second-order valence-corrected chi connectivity index (χ2v) is 17.6. The first-order valence-corrected chi connectivity index (χ1v) is 15.1. The fraction of sp³-hybridized carbons (Fsp3) is 0.810. The molecule has 25 heavy (non-hydrogen) atoms. The Kier molecular flexibility index (Phi) is 9.82. The Balaban J connectivity index is 3.77. The first-order chi connectivity index (χ1) is 11.9. The fourth-order valence-electron chi connectivity index (χ4n) is 5.16. The summed E-state index contributed by atoms with van der Waals surface area (Å²) in [6, 6.07) is 0. The second kappa shape index (κ2) is 10.5. The van der Waals surface area contributed by atoms with Gasteiger partial charge in [0.05, 0.1) is 0 Å². The molecule has 4 heteroatoms. The molecule has 3 nitrogen and oxygen atoms in total. The van der Waals surface area contributed by atoms with Crippen molar-refractivity contribution in [3.05, 3.63) is 24.3 Å². The summed E-state index contributed by atoms with van der Waals surface area (Å²) in [5, 5.41) is 0. The van der Waals surface area contributed by atoms with Crippen molar-refractivity contribution in [1.82, 2.24) is 8.53 Å². The zero-order valence-corrected chi connectivity index (χ0v) is 20.6. The third-order valence-corrected chi connectivity index (χ3v) is 21.4. The Morgan fingerprint density at radius 2 is 1.00 bits per heavy atom. The summed E-state index contributed by atoms with van der Waals surface area (Å²) < 4.78 is 8.97. The fourth-order valence-corrected chi connectivity index (χ4v) is 22.2. The van der Waals surface area contributed by atoms with Crippen LogP contribution in [0.15, 0.2) is 24.3 Å². The van der Waals surface area contributed by atoms with E-state index in [4.69, 9.17) is 0 Å². The van der Waals surface area contributed by atoms with Crippen LogP contribution in [0.1, 0.15) is 61.8 Å². The number of nitrogens with zero attached hydrogens (tertiary/aromatic N) is 3. The second-order valence-electron chi connectivity index (χ2n) is 7.51. The summed E-state index contributed by atoms with van der Waals surface area (Å²) >= 11 is -3.17. The van der Waals surface area contributed by atoms with E-state index in [0.717, 1.165) is 39.3 Å². The third kappa shape index (κ3) is 4.23. The quantitative estimate of drug-likeness (QED) is 0.421. The topological polar surface area (TPSA) is 9.72 Å². The summed E-state index contributed by atoms with van der Waals surface area (Å²) in [4.78, 5) is 0. The van der Waals surface area contributed by atoms with Gasteiger partial charge in [0.15, 0.2) is 0 Å². The van der Waals surface area contributed by atoms with Crippen LogP contribution in [0, 0.1) is 5.92 Å². The van der Waals surface area contributed by atoms with Crippen molar-refractivity contribution in [2.24, 2.45) is 5.92 Å². The van der Waals surface area contributed by atoms with Gasteiger partial charge in [0.2, 0.25) is 0 Å². The zero-order valence-electron chi connectivity index (χ0n) is 18.2. The van der Waals surface area contributed by atoms with Crippen molar-refractivity contribution >= 4 is 0 Å². The SMILES string of the molecule is CC[N](CC)[Zr]([N](CC)CC)([N](CC)CC)[C]1(CC(C)C)C=CC=C1. The Morgan fingerprint density at radius 1 is 0.680 bits per heavy atom. The van der Waals surface area contributed by atoms with Gasteiger partial charge in [-0.15, -0.1) is 0 Å². The number of hydrogen-bond donors (Lipinski definition) is 0. The summed E-state index contributed by atoms with van der Waals surface area (Å²) in [5.74, 6) is 0.699. The van der Waals surface area contributed by atoms with Gasteiger partial charge < -0.3 is 0 Å². The number of hydrogen-bond acceptors (Lipinski definition) is 3. The van der Waals surface area contributed by atoms with Gasteiger partial charge in [-0.25, -0.2) is 0 Å². The molecule has 0 heterocycles. The molecular weight excluding hydrogens is 385 g/mol. The van der Waals surface area contributed by atoms with Gasteiger partial charge in [0.25, 0.3) is 0 Å². The molecule has 0 spiro atoms. The molecule has 0 aromatic heterocycles. The average Bonchev–Trinajstić information content (AvgIpc) is 3.06. The molecule has 1 rings (SSSR count). The Hall–Kier alpha value is 0.243. The Labute approximate surface area is 163 Å². The van der Waals surface area contributed by atoms with Crippen LogP contribution in [-0.2, 0) is 21.1 Å². The standard InChI is InChI=1S/C9H13.3C4H10N.Zr/c1-8(2)7-9-5-3-4-6-9;3*1-3-5-4-2;/h3-6,8H,7H2,1-2H3;3*3-4H2,1-2H3;/q;3*-1;+3. The van der Waals surface area contributed by atoms with Gasteiger partial charge in [0.1, 0.15) is 0 Å². The monoisotopic (exact) mass is 427 g/mol. The van der Waals surface area contributed by atoms with Gasteiger partial charge >= 0.3 is 164 Å². The molecule has 0 aromatic carbocycles. The summed E-state index contributed by atoms with van der Waals surface area (Å²) in [7, 11) is 0. The minimum absolute atomic E-state index is 0.229. The maximum atomic E-state index is 2.91. The molecule has 0 saturated heterocycles. The maximum absolute atomic E-state index is 3.17. The van der Waals surface area contributed by atoms with Crippen molar-refractivity contribution in [1.29, 1.82) is 0 Å². The van der Waals surface area contributed by atoms with Gasteiger partial charge in [0, 0.05) is 0 Å². The molecule has 0 radical (unpaired) electrons. The third-order valence-electron chi connectivity index (χ3n) is 5.88. The summed E-state index contributed by atoms with van der Waals surface area (Å²) in [6.45, 7) is 25.9. The van der Waals surface area contributed by atoms with Crippen LogP contribution in [0.25, 0.3) is 0 Å². The average molecular weight is 429 g/mol. The minimum atomic E-state index is -3.17. The van der Waals surface area contributed by atoms with Crippen LogP contribution in [-0.4, -0.2) is 47.8 Å². The number of rotatable bonds is 12. The molecule has 0 amide bonds. The van der Waals surface area contributed by atoms with Crippen LogP contribution < -0.4 is 0 Å². The molecule has 146 valence electrons. The van der Waals surface area contributed by atoms with Crippen LogP contribution in [0.5, 0.6) is 0 Å². The van der Waals surface area contributed by atoms with Crippen LogP contribution in [0.4, 0.5) is 0 Å². The first-order valence-electron chi connectivity index (χ1n) is 10.6. The van der Waals surface area contributed by atoms with Gasteiger partial charge in [-0.1, -0.05) is 0 Å². The molecule has 0 fully saturated rings. The zero-order chi connectivity index (χ0) is 19.1. The van der Waals surface area contributed by atoms with E-state index in [2.05, 4.69) is 88.2 Å². The summed E-state index contributed by atoms with van der Waals surface area (Å²) in [5.41, 5.74) is 0. The number of allylic oxidation sites excluding steroid dienone is 4. The molecular formula is C21H43N3Zr. The molecule has 0 aliphatic heterocycles. The van der Waals surface area contributed by atoms with Crippen LogP contribution in [0.3, 0.4) is 0 Å². The normalized spacial score (nSPS) is 17.0. The molecule has 0 atom stereocenters. The van der Waals surface area contributed by atoms with Crippen molar-refractivity contribution in [2.75, 3.05) is 39.3 Å². The van der Waals surface area contributed by atoms with Gasteiger partial charge in [-0.05, 0) is 0 Å². The predicted molar refractivity (Wildman–Crippen MR) is 109 cm³/mol. The molecule has 1 aliphatic rings. The summed E-state index contributed by atoms with van der Waals surface area (Å²) in [6.07, 6.45) is 11.1. The van der Waals surface area contributed by atoms with Crippen molar-refractivity contribution < 1.29 is 21.1 Å². The molecule has 0 bridgehead atoms.